The zero-order chi connectivity index (χ0) is 7.66. The molecule has 0 N–H and O–H groups in total. The Morgan fingerprint density at radius 1 is 1.40 bits per heavy atom. The van der Waals surface area contributed by atoms with E-state index in [2.05, 4.69) is 11.7 Å². The van der Waals surface area contributed by atoms with Crippen molar-refractivity contribution in [2.45, 2.75) is 13.3 Å². The second kappa shape index (κ2) is 9.17. The van der Waals surface area contributed by atoms with Crippen LogP contribution >= 0.6 is 21.6 Å². The fraction of sp³-hybridized carbons (Fsp3) is 0.833. The molecule has 0 aliphatic heterocycles. The molecule has 4 heteroatoms. The van der Waals surface area contributed by atoms with E-state index in [0.717, 1.165) is 5.75 Å². The molecule has 0 aliphatic carbocycles. The lowest BCUT2D eigenvalue weighted by Crippen LogP contribution is -1.92. The number of rotatable bonds is 7. The molecule has 0 spiro atoms. The molecule has 0 unspecified atom stereocenters. The Kier molecular flexibility index (Phi) is 9.33. The van der Waals surface area contributed by atoms with Gasteiger partial charge in [-0.25, -0.2) is 0 Å². The first-order valence-electron chi connectivity index (χ1n) is 3.21. The first-order valence-corrected chi connectivity index (χ1v) is 5.70. The summed E-state index contributed by atoms with van der Waals surface area (Å²) in [7, 11) is 3.57. The van der Waals surface area contributed by atoms with E-state index in [1.54, 1.807) is 10.8 Å². The molecule has 0 aromatic carbocycles. The molecule has 0 fully saturated rings. The summed E-state index contributed by atoms with van der Waals surface area (Å²) in [4.78, 5) is 9.66. The molecule has 0 aromatic heterocycles. The quantitative estimate of drug-likeness (QED) is 0.340. The molecule has 60 valence electrons. The number of hydrogen-bond donors (Lipinski definition) is 0. The van der Waals surface area contributed by atoms with Gasteiger partial charge in [0.25, 0.3) is 6.47 Å². The van der Waals surface area contributed by atoms with Crippen molar-refractivity contribution < 1.29 is 9.53 Å². The molecule has 0 saturated heterocycles. The summed E-state index contributed by atoms with van der Waals surface area (Å²) in [5.41, 5.74) is 0. The number of hydrogen-bond acceptors (Lipinski definition) is 4. The minimum absolute atomic E-state index is 0.491. The summed E-state index contributed by atoms with van der Waals surface area (Å²) in [6.45, 7) is 3.17. The van der Waals surface area contributed by atoms with Gasteiger partial charge in [0.15, 0.2) is 0 Å². The minimum atomic E-state index is 0.491. The topological polar surface area (TPSA) is 26.3 Å². The van der Waals surface area contributed by atoms with Gasteiger partial charge in [-0.1, -0.05) is 28.5 Å². The van der Waals surface area contributed by atoms with Crippen LogP contribution in [0.25, 0.3) is 0 Å². The van der Waals surface area contributed by atoms with Crippen molar-refractivity contribution in [2.24, 2.45) is 0 Å². The average molecular weight is 180 g/mol. The van der Waals surface area contributed by atoms with E-state index >= 15 is 0 Å². The van der Waals surface area contributed by atoms with Gasteiger partial charge in [-0.05, 0) is 6.42 Å². The van der Waals surface area contributed by atoms with Crippen LogP contribution in [-0.2, 0) is 9.53 Å². The smallest absolute Gasteiger partial charge is 0.293 e. The number of carbonyl (C=O) groups excluding carboxylic acids is 1. The molecule has 0 aliphatic rings. The van der Waals surface area contributed by atoms with Gasteiger partial charge in [-0.2, -0.15) is 0 Å². The Morgan fingerprint density at radius 3 is 2.70 bits per heavy atom. The fourth-order valence-corrected chi connectivity index (χ4v) is 2.31. The summed E-state index contributed by atoms with van der Waals surface area (Å²) in [5, 5.41) is 0. The molecule has 0 amide bonds. The SMILES string of the molecule is CCCSSCCOC=O. The molecule has 0 saturated carbocycles. The standard InChI is InChI=1S/C6H12O2S2/c1-2-4-9-10-5-3-8-6-7/h6H,2-5H2,1H3. The van der Waals surface area contributed by atoms with E-state index in [4.69, 9.17) is 0 Å². The van der Waals surface area contributed by atoms with Crippen LogP contribution in [0.2, 0.25) is 0 Å². The Morgan fingerprint density at radius 2 is 2.10 bits per heavy atom. The van der Waals surface area contributed by atoms with Gasteiger partial charge in [-0.3, -0.25) is 4.79 Å². The van der Waals surface area contributed by atoms with Gasteiger partial charge in [0, 0.05) is 11.5 Å². The van der Waals surface area contributed by atoms with Gasteiger partial charge < -0.3 is 4.74 Å². The molecular weight excluding hydrogens is 168 g/mol. The molecule has 0 bridgehead atoms. The van der Waals surface area contributed by atoms with Gasteiger partial charge in [-0.15, -0.1) is 0 Å². The molecule has 2 nitrogen and oxygen atoms in total. The Bertz CT molecular complexity index is 78.1. The zero-order valence-corrected chi connectivity index (χ0v) is 7.67. The molecular formula is C6H12O2S2. The van der Waals surface area contributed by atoms with E-state index in [1.165, 1.54) is 12.2 Å². The molecule has 0 heterocycles. The second-order valence-electron chi connectivity index (χ2n) is 1.61. The van der Waals surface area contributed by atoms with Gasteiger partial charge in [0.1, 0.15) is 6.61 Å². The van der Waals surface area contributed by atoms with Crippen molar-refractivity contribution in [2.75, 3.05) is 18.1 Å². The first kappa shape index (κ1) is 10.2. The lowest BCUT2D eigenvalue weighted by Gasteiger charge is -1.97. The lowest BCUT2D eigenvalue weighted by molar-refractivity contribution is -0.128. The molecule has 10 heavy (non-hydrogen) atoms. The van der Waals surface area contributed by atoms with Crippen LogP contribution in [0.15, 0.2) is 0 Å². The van der Waals surface area contributed by atoms with Gasteiger partial charge >= 0.3 is 0 Å². The third-order valence-electron chi connectivity index (χ3n) is 0.723. The van der Waals surface area contributed by atoms with Gasteiger partial charge in [0.05, 0.1) is 0 Å². The van der Waals surface area contributed by atoms with Crippen LogP contribution in [0.3, 0.4) is 0 Å². The van der Waals surface area contributed by atoms with Crippen molar-refractivity contribution in [3.63, 3.8) is 0 Å². The maximum atomic E-state index is 9.66. The summed E-state index contributed by atoms with van der Waals surface area (Å²) in [6.07, 6.45) is 1.20. The van der Waals surface area contributed by atoms with Crippen molar-refractivity contribution >= 4 is 28.1 Å². The van der Waals surface area contributed by atoms with Gasteiger partial charge in [0.2, 0.25) is 0 Å². The van der Waals surface area contributed by atoms with E-state index in [1.807, 2.05) is 10.8 Å². The third kappa shape index (κ3) is 8.17. The normalized spacial score (nSPS) is 9.30. The highest BCUT2D eigenvalue weighted by atomic mass is 33.1. The first-order chi connectivity index (χ1) is 4.91. The summed E-state index contributed by atoms with van der Waals surface area (Å²) < 4.78 is 4.50. The summed E-state index contributed by atoms with van der Waals surface area (Å²) in [5.74, 6) is 2.06. The van der Waals surface area contributed by atoms with Crippen molar-refractivity contribution in [3.8, 4) is 0 Å². The number of ether oxygens (including phenoxy) is 1. The highest BCUT2D eigenvalue weighted by molar-refractivity contribution is 8.76. The monoisotopic (exact) mass is 180 g/mol. The number of carbonyl (C=O) groups is 1. The Labute approximate surface area is 69.5 Å². The average Bonchev–Trinajstić information content (AvgIpc) is 1.97. The predicted octanol–water partition coefficient (Wildman–Crippen LogP) is 1.95. The molecule has 0 rings (SSSR count). The van der Waals surface area contributed by atoms with E-state index in [9.17, 15) is 4.79 Å². The Hall–Kier alpha value is 0.170. The molecule has 0 atom stereocenters. The van der Waals surface area contributed by atoms with Crippen LogP contribution in [0.1, 0.15) is 13.3 Å². The van der Waals surface area contributed by atoms with Crippen molar-refractivity contribution in [1.82, 2.24) is 0 Å². The van der Waals surface area contributed by atoms with E-state index in [0.29, 0.717) is 13.1 Å². The maximum Gasteiger partial charge on any atom is 0.293 e. The second-order valence-corrected chi connectivity index (χ2v) is 4.31. The fourth-order valence-electron chi connectivity index (χ4n) is 0.331. The van der Waals surface area contributed by atoms with Crippen molar-refractivity contribution in [3.05, 3.63) is 0 Å². The van der Waals surface area contributed by atoms with Crippen LogP contribution in [-0.4, -0.2) is 24.6 Å². The highest BCUT2D eigenvalue weighted by Gasteiger charge is 1.88. The Balaban J connectivity index is 2.70. The summed E-state index contributed by atoms with van der Waals surface area (Å²) in [6, 6.07) is 0. The predicted molar refractivity (Wildman–Crippen MR) is 47.2 cm³/mol. The highest BCUT2D eigenvalue weighted by Crippen LogP contribution is 2.20. The lowest BCUT2D eigenvalue weighted by atomic mass is 10.6. The zero-order valence-electron chi connectivity index (χ0n) is 6.04. The largest absolute Gasteiger partial charge is 0.467 e. The van der Waals surface area contributed by atoms with Crippen LogP contribution in [0.5, 0.6) is 0 Å². The van der Waals surface area contributed by atoms with Crippen LogP contribution < -0.4 is 0 Å². The molecule has 0 radical (unpaired) electrons. The van der Waals surface area contributed by atoms with E-state index in [-0.39, 0.29) is 0 Å². The van der Waals surface area contributed by atoms with Crippen LogP contribution in [0, 0.1) is 0 Å². The van der Waals surface area contributed by atoms with Crippen LogP contribution in [0.4, 0.5) is 0 Å². The van der Waals surface area contributed by atoms with E-state index < -0.39 is 0 Å². The minimum Gasteiger partial charge on any atom is -0.467 e. The third-order valence-corrected chi connectivity index (χ3v) is 3.30. The molecule has 0 aromatic rings. The summed E-state index contributed by atoms with van der Waals surface area (Å²) >= 11 is 0. The maximum absolute atomic E-state index is 9.66. The van der Waals surface area contributed by atoms with Crippen molar-refractivity contribution in [1.29, 1.82) is 0 Å².